The van der Waals surface area contributed by atoms with Crippen molar-refractivity contribution in [1.29, 1.82) is 5.26 Å². The first-order valence-electron chi connectivity index (χ1n) is 7.33. The van der Waals surface area contributed by atoms with E-state index in [2.05, 4.69) is 10.6 Å². The van der Waals surface area contributed by atoms with Crippen LogP contribution in [-0.2, 0) is 11.0 Å². The molecule has 8 heteroatoms. The molecule has 0 saturated carbocycles. The number of nitrogens with zero attached hydrogens (tertiary/aromatic N) is 1. The maximum Gasteiger partial charge on any atom is 0.416 e. The van der Waals surface area contributed by atoms with Gasteiger partial charge in [0.2, 0.25) is 0 Å². The first-order valence-corrected chi connectivity index (χ1v) is 7.70. The van der Waals surface area contributed by atoms with Crippen molar-refractivity contribution in [3.63, 3.8) is 0 Å². The zero-order valence-electron chi connectivity index (χ0n) is 13.5. The van der Waals surface area contributed by atoms with Gasteiger partial charge in [0.1, 0.15) is 11.6 Å². The second-order valence-electron chi connectivity index (χ2n) is 5.26. The van der Waals surface area contributed by atoms with Crippen molar-refractivity contribution in [2.45, 2.75) is 13.1 Å². The van der Waals surface area contributed by atoms with Crippen LogP contribution in [0, 0.1) is 18.3 Å². The molecule has 134 valence electrons. The van der Waals surface area contributed by atoms with Gasteiger partial charge in [-0.25, -0.2) is 0 Å². The maximum absolute atomic E-state index is 12.7. The fraction of sp³-hybridized carbons (Fsp3) is 0.111. The van der Waals surface area contributed by atoms with Gasteiger partial charge in [0, 0.05) is 22.6 Å². The van der Waals surface area contributed by atoms with Crippen LogP contribution in [0.1, 0.15) is 11.1 Å². The van der Waals surface area contributed by atoms with Crippen LogP contribution in [-0.4, -0.2) is 5.91 Å². The predicted molar refractivity (Wildman–Crippen MR) is 93.6 cm³/mol. The molecule has 2 rings (SSSR count). The first kappa shape index (κ1) is 19.3. The number of benzene rings is 2. The Morgan fingerprint density at radius 2 is 1.92 bits per heavy atom. The summed E-state index contributed by atoms with van der Waals surface area (Å²) >= 11 is 5.97. The maximum atomic E-state index is 12.7. The molecule has 1 amide bonds. The average molecular weight is 380 g/mol. The molecular weight excluding hydrogens is 367 g/mol. The fourth-order valence-electron chi connectivity index (χ4n) is 2.02. The van der Waals surface area contributed by atoms with E-state index in [1.807, 2.05) is 0 Å². The highest BCUT2D eigenvalue weighted by molar-refractivity contribution is 6.31. The van der Waals surface area contributed by atoms with E-state index in [1.165, 1.54) is 12.1 Å². The molecule has 0 aliphatic carbocycles. The average Bonchev–Trinajstić information content (AvgIpc) is 2.59. The largest absolute Gasteiger partial charge is 0.416 e. The van der Waals surface area contributed by atoms with E-state index in [0.717, 1.165) is 18.3 Å². The SMILES string of the molecule is Cc1c(Cl)cccc1NC(=O)/C(C#N)=C\Nc1cccc(C(F)(F)F)c1. The lowest BCUT2D eigenvalue weighted by Crippen LogP contribution is -2.15. The summed E-state index contributed by atoms with van der Waals surface area (Å²) in [6.07, 6.45) is -3.44. The van der Waals surface area contributed by atoms with Gasteiger partial charge < -0.3 is 10.6 Å². The normalized spacial score (nSPS) is 11.6. The molecule has 0 aromatic heterocycles. The Balaban J connectivity index is 2.17. The van der Waals surface area contributed by atoms with Crippen LogP contribution in [0.4, 0.5) is 24.5 Å². The number of carbonyl (C=O) groups excluding carboxylic acids is 1. The van der Waals surface area contributed by atoms with Crippen LogP contribution >= 0.6 is 11.6 Å². The van der Waals surface area contributed by atoms with E-state index >= 15 is 0 Å². The van der Waals surface area contributed by atoms with E-state index in [4.69, 9.17) is 16.9 Å². The molecule has 2 aromatic carbocycles. The van der Waals surface area contributed by atoms with E-state index in [-0.39, 0.29) is 11.3 Å². The predicted octanol–water partition coefficient (Wildman–Crippen LogP) is 5.13. The topological polar surface area (TPSA) is 64.9 Å². The Labute approximate surface area is 152 Å². The molecule has 0 aliphatic heterocycles. The lowest BCUT2D eigenvalue weighted by Gasteiger charge is -2.10. The van der Waals surface area contributed by atoms with Gasteiger partial charge in [-0.05, 0) is 42.8 Å². The van der Waals surface area contributed by atoms with Crippen molar-refractivity contribution in [3.05, 3.63) is 70.4 Å². The van der Waals surface area contributed by atoms with Crippen LogP contribution < -0.4 is 10.6 Å². The number of nitrogens with one attached hydrogen (secondary N) is 2. The monoisotopic (exact) mass is 379 g/mol. The third-order valence-electron chi connectivity index (χ3n) is 3.45. The van der Waals surface area contributed by atoms with Crippen LogP contribution in [0.15, 0.2) is 54.2 Å². The van der Waals surface area contributed by atoms with Gasteiger partial charge in [-0.1, -0.05) is 23.7 Å². The molecule has 0 unspecified atom stereocenters. The van der Waals surface area contributed by atoms with Gasteiger partial charge >= 0.3 is 6.18 Å². The molecule has 4 nitrogen and oxygen atoms in total. The summed E-state index contributed by atoms with van der Waals surface area (Å²) in [5.74, 6) is -0.711. The number of rotatable bonds is 4. The van der Waals surface area contributed by atoms with Gasteiger partial charge in [-0.15, -0.1) is 0 Å². The van der Waals surface area contributed by atoms with E-state index < -0.39 is 17.6 Å². The van der Waals surface area contributed by atoms with Crippen molar-refractivity contribution in [3.8, 4) is 6.07 Å². The number of hydrogen-bond donors (Lipinski definition) is 2. The third-order valence-corrected chi connectivity index (χ3v) is 3.86. The van der Waals surface area contributed by atoms with Gasteiger partial charge in [-0.3, -0.25) is 4.79 Å². The van der Waals surface area contributed by atoms with Crippen molar-refractivity contribution >= 4 is 28.9 Å². The van der Waals surface area contributed by atoms with E-state index in [1.54, 1.807) is 31.2 Å². The highest BCUT2D eigenvalue weighted by atomic mass is 35.5. The van der Waals surface area contributed by atoms with Crippen molar-refractivity contribution in [1.82, 2.24) is 0 Å². The Kier molecular flexibility index (Phi) is 5.90. The standard InChI is InChI=1S/C18H13ClF3N3O/c1-11-15(19)6-3-7-16(11)25-17(26)12(9-23)10-24-14-5-2-4-13(8-14)18(20,21)22/h2-8,10,24H,1H3,(H,25,26)/b12-10-. The van der Waals surface area contributed by atoms with Crippen molar-refractivity contribution < 1.29 is 18.0 Å². The molecule has 0 heterocycles. The van der Waals surface area contributed by atoms with Gasteiger partial charge in [0.05, 0.1) is 5.56 Å². The summed E-state index contributed by atoms with van der Waals surface area (Å²) in [6, 6.07) is 11.0. The van der Waals surface area contributed by atoms with Crippen LogP contribution in [0.25, 0.3) is 0 Å². The second kappa shape index (κ2) is 7.93. The van der Waals surface area contributed by atoms with Gasteiger partial charge in [0.15, 0.2) is 0 Å². The van der Waals surface area contributed by atoms with Crippen molar-refractivity contribution in [2.24, 2.45) is 0 Å². The van der Waals surface area contributed by atoms with E-state index in [9.17, 15) is 18.0 Å². The summed E-state index contributed by atoms with van der Waals surface area (Å²) in [5, 5.41) is 14.7. The number of halogens is 4. The minimum atomic E-state index is -4.49. The second-order valence-corrected chi connectivity index (χ2v) is 5.67. The summed E-state index contributed by atoms with van der Waals surface area (Å²) < 4.78 is 38.1. The number of alkyl halides is 3. The highest BCUT2D eigenvalue weighted by Crippen LogP contribution is 2.30. The molecule has 26 heavy (non-hydrogen) atoms. The number of hydrogen-bond acceptors (Lipinski definition) is 3. The summed E-state index contributed by atoms with van der Waals surface area (Å²) in [5.41, 5.74) is 0.0165. The summed E-state index contributed by atoms with van der Waals surface area (Å²) in [4.78, 5) is 12.2. The van der Waals surface area contributed by atoms with Crippen molar-refractivity contribution in [2.75, 3.05) is 10.6 Å². The molecule has 0 saturated heterocycles. The smallest absolute Gasteiger partial charge is 0.360 e. The molecule has 2 aromatic rings. The lowest BCUT2D eigenvalue weighted by molar-refractivity contribution is -0.137. The zero-order valence-corrected chi connectivity index (χ0v) is 14.2. The number of anilines is 2. The highest BCUT2D eigenvalue weighted by Gasteiger charge is 2.30. The minimum absolute atomic E-state index is 0.0966. The molecular formula is C18H13ClF3N3O. The Morgan fingerprint density at radius 1 is 1.23 bits per heavy atom. The molecule has 2 N–H and O–H groups in total. The van der Waals surface area contributed by atoms with Gasteiger partial charge in [0.25, 0.3) is 5.91 Å². The Bertz CT molecular complexity index is 901. The molecule has 0 atom stereocenters. The lowest BCUT2D eigenvalue weighted by atomic mass is 10.2. The number of amides is 1. The molecule has 0 fully saturated rings. The quantitative estimate of drug-likeness (QED) is 0.572. The Hall–Kier alpha value is -2.98. The molecule has 0 radical (unpaired) electrons. The fourth-order valence-corrected chi connectivity index (χ4v) is 2.20. The summed E-state index contributed by atoms with van der Waals surface area (Å²) in [7, 11) is 0. The molecule has 0 spiro atoms. The van der Waals surface area contributed by atoms with Crippen LogP contribution in [0.5, 0.6) is 0 Å². The molecule has 0 aliphatic rings. The number of nitriles is 1. The first-order chi connectivity index (χ1) is 12.2. The van der Waals surface area contributed by atoms with E-state index in [0.29, 0.717) is 16.3 Å². The van der Waals surface area contributed by atoms with Gasteiger partial charge in [-0.2, -0.15) is 18.4 Å². The van der Waals surface area contributed by atoms with Crippen LogP contribution in [0.3, 0.4) is 0 Å². The minimum Gasteiger partial charge on any atom is -0.360 e. The molecule has 0 bridgehead atoms. The zero-order chi connectivity index (χ0) is 19.3. The van der Waals surface area contributed by atoms with Crippen LogP contribution in [0.2, 0.25) is 5.02 Å². The summed E-state index contributed by atoms with van der Waals surface area (Å²) in [6.45, 7) is 1.70. The Morgan fingerprint density at radius 3 is 2.58 bits per heavy atom. The third kappa shape index (κ3) is 4.77. The number of carbonyl (C=O) groups is 1.